The van der Waals surface area contributed by atoms with E-state index < -0.39 is 145 Å². The summed E-state index contributed by atoms with van der Waals surface area (Å²) in [6, 6.07) is 0. The maximum absolute atomic E-state index is 10.4. The van der Waals surface area contributed by atoms with Crippen LogP contribution in [0.25, 0.3) is 0 Å². The van der Waals surface area contributed by atoms with Gasteiger partial charge >= 0.3 is 0 Å². The van der Waals surface area contributed by atoms with Crippen molar-refractivity contribution in [3.05, 3.63) is 128 Å². The third kappa shape index (κ3) is 27.5. The number of rotatable bonds is 22. The van der Waals surface area contributed by atoms with Gasteiger partial charge in [-0.1, -0.05) is 38.3 Å². The Morgan fingerprint density at radius 1 is 0.518 bits per heavy atom. The highest BCUT2D eigenvalue weighted by atomic mass is 79.9. The van der Waals surface area contributed by atoms with Crippen LogP contribution in [0.3, 0.4) is 0 Å². The van der Waals surface area contributed by atoms with E-state index in [9.17, 15) is 51.1 Å². The molecule has 5 saturated heterocycles. The van der Waals surface area contributed by atoms with Crippen LogP contribution in [0.1, 0.15) is 62.8 Å². The third-order valence-corrected chi connectivity index (χ3v) is 29.0. The predicted molar refractivity (Wildman–Crippen MR) is 486 cm³/mol. The molecule has 0 bridgehead atoms. The molecule has 640 valence electrons. The van der Waals surface area contributed by atoms with Crippen molar-refractivity contribution < 1.29 is 79.9 Å². The van der Waals surface area contributed by atoms with E-state index in [1.807, 2.05) is 26.2 Å². The van der Waals surface area contributed by atoms with E-state index in [0.717, 1.165) is 42.1 Å². The molecule has 0 amide bonds. The average Bonchev–Trinajstić information content (AvgIpc) is 1.65. The van der Waals surface area contributed by atoms with Crippen molar-refractivity contribution >= 4 is 128 Å². The van der Waals surface area contributed by atoms with E-state index in [-0.39, 0.29) is 30.6 Å². The first-order valence-corrected chi connectivity index (χ1v) is 54.7. The summed E-state index contributed by atoms with van der Waals surface area (Å²) in [5, 5.41) is 112. The highest BCUT2D eigenvalue weighted by Crippen LogP contribution is 2.46. The van der Waals surface area contributed by atoms with Crippen LogP contribution >= 0.6 is 78.5 Å². The second kappa shape index (κ2) is 41.5. The summed E-state index contributed by atoms with van der Waals surface area (Å²) in [5.41, 5.74) is 27.6. The molecule has 1 aromatic rings. The number of ether oxygens (including phenoxy) is 5. The summed E-state index contributed by atoms with van der Waals surface area (Å²) >= 11 is 11.8. The van der Waals surface area contributed by atoms with Crippen LogP contribution in [0, 0.1) is 29.5 Å². The first kappa shape index (κ1) is 98.8. The third-order valence-electron chi connectivity index (χ3n) is 20.0. The van der Waals surface area contributed by atoms with Crippen molar-refractivity contribution in [2.75, 3.05) is 104 Å². The SMILES string of the molecule is C=C1C=C(N)C(Br)=CN1[C@@H]1O[C@H](CCP(=C)(C)C)[C@@H](O)[C@H]1O.C=C1N=C(N)C(Br)=CC1[C@@H]1O[C@H](CCP(=C)(C)C)[C@@H](O)[C@H]1O.C=C1N=C(N)C(C#CC)=CN1[C@@H]1O[C@H](CCP(=C)(C)C)[C@@H](O)[C@H]1O.C=C1N=C(N)C(CCO)=CN1[C@@H]1O[C@H](CCP(=C)(C)C)[C@@H](O)[C@H]1O.C=P(C)(C)CC[C@H]1O[C@@H](c2cn(C)c(=S)nc2C)[C@H](O)[C@@H]1O. The molecule has 5 fully saturated rings. The van der Waals surface area contributed by atoms with Gasteiger partial charge < -0.3 is 122 Å². The number of dihydropyridines is 1. The number of amidine groups is 3. The van der Waals surface area contributed by atoms with Gasteiger partial charge in [0.25, 0.3) is 0 Å². The Bertz CT molecular complexity index is 4220. The zero-order valence-electron chi connectivity index (χ0n) is 68.2. The number of hydrogen-bond acceptors (Lipinski definition) is 28. The molecule has 28 nitrogen and oxygen atoms in total. The number of hydrogen-bond donors (Lipinski definition) is 15. The van der Waals surface area contributed by atoms with E-state index in [4.69, 9.17) is 63.9 Å². The first-order chi connectivity index (χ1) is 52.6. The second-order valence-electron chi connectivity index (χ2n) is 33.4. The summed E-state index contributed by atoms with van der Waals surface area (Å²) in [6.45, 7) is 34.3. The fourth-order valence-electron chi connectivity index (χ4n) is 13.3. The Labute approximate surface area is 696 Å². The molecule has 0 aliphatic carbocycles. The second-order valence-corrected chi connectivity index (χ2v) is 57.1. The number of aryl methyl sites for hydroxylation is 2. The molecule has 0 saturated carbocycles. The summed E-state index contributed by atoms with van der Waals surface area (Å²) in [5.74, 6) is 6.92. The normalized spacial score (nSPS) is 31.9. The van der Waals surface area contributed by atoms with Gasteiger partial charge in [-0.3, -0.25) is 0 Å². The Morgan fingerprint density at radius 2 is 0.912 bits per heavy atom. The van der Waals surface area contributed by atoms with Gasteiger partial charge in [0.05, 0.1) is 51.2 Å². The molecule has 10 rings (SSSR count). The van der Waals surface area contributed by atoms with Crippen molar-refractivity contribution in [3.8, 4) is 11.8 Å². The van der Waals surface area contributed by atoms with Gasteiger partial charge in [0.1, 0.15) is 96.3 Å². The lowest BCUT2D eigenvalue weighted by molar-refractivity contribution is -0.0581. The molecule has 114 heavy (non-hydrogen) atoms. The summed E-state index contributed by atoms with van der Waals surface area (Å²) in [4.78, 5) is 21.6. The van der Waals surface area contributed by atoms with Gasteiger partial charge in [0, 0.05) is 84.7 Å². The summed E-state index contributed by atoms with van der Waals surface area (Å²) in [6.07, 6.45) is 24.3. The minimum absolute atomic E-state index is 0.0655. The molecule has 0 aromatic carbocycles. The Kier molecular flexibility index (Phi) is 35.9. The van der Waals surface area contributed by atoms with Crippen LogP contribution in [-0.4, -0.2) is 350 Å². The van der Waals surface area contributed by atoms with Crippen molar-refractivity contribution in [1.29, 1.82) is 0 Å². The summed E-state index contributed by atoms with van der Waals surface area (Å²) in [7, 11) is 1.81. The zero-order valence-corrected chi connectivity index (χ0v) is 76.6. The number of allylic oxidation sites excluding steroid dienone is 2. The Balaban J connectivity index is 0.000000222. The van der Waals surface area contributed by atoms with Crippen LogP contribution in [0.15, 0.2) is 127 Å². The molecule has 1 aromatic heterocycles. The van der Waals surface area contributed by atoms with E-state index in [1.165, 1.54) is 0 Å². The van der Waals surface area contributed by atoms with Crippen molar-refractivity contribution in [1.82, 2.24) is 24.3 Å². The number of aliphatic imine (C=N–C) groups is 3. The number of aliphatic hydroxyl groups excluding tert-OH is 11. The predicted octanol–water partition coefficient (Wildman–Crippen LogP) is 5.04. The fraction of sp³-hybridized carbons (Fsp3) is 0.590. The zero-order chi connectivity index (χ0) is 86.1. The summed E-state index contributed by atoms with van der Waals surface area (Å²) < 4.78 is 33.1. The molecule has 0 radical (unpaired) electrons. The molecule has 36 heteroatoms. The monoisotopic (exact) mass is 1830 g/mol. The van der Waals surface area contributed by atoms with Gasteiger partial charge in [-0.05, 0) is 194 Å². The topological polar surface area (TPSA) is 437 Å². The van der Waals surface area contributed by atoms with E-state index in [2.05, 4.69) is 188 Å². The highest BCUT2D eigenvalue weighted by Gasteiger charge is 2.51. The minimum atomic E-state index is -1.24. The number of halogens is 2. The molecular formula is C78H127Br2N12O16P5S. The van der Waals surface area contributed by atoms with Crippen molar-refractivity contribution in [3.63, 3.8) is 0 Å². The molecule has 21 atom stereocenters. The van der Waals surface area contributed by atoms with Gasteiger partial charge in [-0.25, -0.2) is 20.0 Å². The molecule has 1 unspecified atom stereocenters. The molecular weight excluding hydrogens is 1710 g/mol. The standard InChI is InChI=1S/C17H26N3O3P.C16H28N3O4P.2C15H24BrN2O3P.C15H25N2O3PS/c1-6-7-12-10-20(11(2)19-16(12)18)17-15(22)14(21)13(23-17)8-9-24(3,4)5;1-10-18-15(17)11(5-7-20)9-19(10)16-14(22)13(21)12(23-16)6-8-24(2,3)4;1-9-7-11(17)10(16)8-18(9)15-14(20)13(19)12(21-15)5-6-22(2,3)4;1-8-9(7-10(16)15(17)18-8)14-13(20)12(19)11(21-14)5-6-22(2,3)4;1-9-10(8-17(2)15(22)16-9)14-13(19)12(18)11(20-14)6-7-21(3,4)5/h10,13-15,17,21-22H,2-3,8-9H2,1,4-5H3,(H2,18,19);9,12-14,16,20-22H,1-2,5-8H2,3-4H3,(H2,17,18);7-8,12-15,19-20H,1-2,5-6,17H2,3-4H3;7,9,11-14,19-20H,1-2,5-6H2,3-4H3,(H2,17,18);8,11-14,18-19H,3,6-7H2,1-2,4-5H3/t13-,14-,15-,17-;12-,13-,14-,16-;12-,13-,14-,15-;9?,11-,12-,13-,14+;11-,12-,13-,14+/m11111/s1. The number of aromatic nitrogens is 2. The lowest BCUT2D eigenvalue weighted by atomic mass is 9.92. The van der Waals surface area contributed by atoms with Crippen molar-refractivity contribution in [2.24, 2.45) is 50.9 Å². The van der Waals surface area contributed by atoms with Gasteiger partial charge in [0.15, 0.2) is 23.5 Å². The van der Waals surface area contributed by atoms with Crippen LogP contribution in [0.5, 0.6) is 0 Å². The lowest BCUT2D eigenvalue weighted by Gasteiger charge is -2.32. The molecule has 19 N–H and O–H groups in total. The maximum Gasteiger partial charge on any atom is 0.199 e. The fourth-order valence-corrected chi connectivity index (χ4v) is 19.0. The minimum Gasteiger partial charge on any atom is -0.398 e. The maximum atomic E-state index is 10.4. The van der Waals surface area contributed by atoms with Crippen LogP contribution in [-0.2, 0) is 30.7 Å². The van der Waals surface area contributed by atoms with E-state index in [0.29, 0.717) is 104 Å². The van der Waals surface area contributed by atoms with Gasteiger partial charge in [0.2, 0.25) is 0 Å². The number of nitrogens with zero attached hydrogens (tertiary/aromatic N) is 8. The Morgan fingerprint density at radius 3 is 1.34 bits per heavy atom. The highest BCUT2D eigenvalue weighted by molar-refractivity contribution is 9.12. The largest absolute Gasteiger partial charge is 0.398 e. The molecule has 9 aliphatic heterocycles. The first-order valence-electron chi connectivity index (χ1n) is 37.4. The number of nitrogens with two attached hydrogens (primary N) is 4. The van der Waals surface area contributed by atoms with Crippen molar-refractivity contribution in [2.45, 2.75) is 175 Å². The van der Waals surface area contributed by atoms with E-state index in [1.54, 1.807) is 50.9 Å². The number of aliphatic hydroxyl groups is 11. The Hall–Kier alpha value is -4.05. The van der Waals surface area contributed by atoms with E-state index >= 15 is 0 Å². The van der Waals surface area contributed by atoms with Gasteiger partial charge in [-0.15, -0.1) is 71.8 Å². The quantitative estimate of drug-likeness (QED) is 0.0411. The molecule has 10 heterocycles. The van der Waals surface area contributed by atoms with Crippen LogP contribution < -0.4 is 22.9 Å². The van der Waals surface area contributed by atoms with Crippen LogP contribution in [0.2, 0.25) is 0 Å². The lowest BCUT2D eigenvalue weighted by Crippen LogP contribution is -2.42. The smallest absolute Gasteiger partial charge is 0.199 e. The van der Waals surface area contributed by atoms with Gasteiger partial charge in [-0.2, -0.15) is 0 Å². The van der Waals surface area contributed by atoms with Crippen LogP contribution in [0.4, 0.5) is 0 Å². The molecule has 0 spiro atoms. The molecule has 9 aliphatic rings. The average molecular weight is 1840 g/mol.